The molecular formula is C5H6N2O2. The van der Waals surface area contributed by atoms with Gasteiger partial charge in [-0.1, -0.05) is 0 Å². The average molecular weight is 126 g/mol. The molecule has 4 nitrogen and oxygen atoms in total. The van der Waals surface area contributed by atoms with Crippen molar-refractivity contribution in [3.63, 3.8) is 0 Å². The summed E-state index contributed by atoms with van der Waals surface area (Å²) in [6.45, 7) is 0. The van der Waals surface area contributed by atoms with Gasteiger partial charge >= 0.3 is 5.71 Å². The van der Waals surface area contributed by atoms with Crippen LogP contribution >= 0.6 is 0 Å². The molecule has 0 N–H and O–H groups in total. The topological polar surface area (TPSA) is 70.5 Å². The Morgan fingerprint density at radius 2 is 2.22 bits per heavy atom. The van der Waals surface area contributed by atoms with E-state index in [-0.39, 0.29) is 18.6 Å². The van der Waals surface area contributed by atoms with Crippen molar-refractivity contribution in [2.24, 2.45) is 0 Å². The van der Waals surface area contributed by atoms with Crippen molar-refractivity contribution in [1.82, 2.24) is 0 Å². The summed E-state index contributed by atoms with van der Waals surface area (Å²) in [5.41, 5.74) is 8.00. The van der Waals surface area contributed by atoms with Gasteiger partial charge in [-0.15, -0.1) is 0 Å². The maximum absolute atomic E-state index is 9.84. The first kappa shape index (κ1) is 7.72. The predicted octanol–water partition coefficient (Wildman–Crippen LogP) is -0.165. The zero-order chi connectivity index (χ0) is 7.11. The second-order valence-corrected chi connectivity index (χ2v) is 1.41. The van der Waals surface area contributed by atoms with Gasteiger partial charge in [-0.25, -0.2) is 0 Å². The Hall–Kier alpha value is -1.28. The molecule has 0 bridgehead atoms. The first-order valence-corrected chi connectivity index (χ1v) is 2.45. The summed E-state index contributed by atoms with van der Waals surface area (Å²) in [6, 6.07) is 0. The highest BCUT2D eigenvalue weighted by atomic mass is 16.1. The summed E-state index contributed by atoms with van der Waals surface area (Å²) in [5, 5.41) is 0. The van der Waals surface area contributed by atoms with E-state index >= 15 is 0 Å². The summed E-state index contributed by atoms with van der Waals surface area (Å²) >= 11 is 0. The maximum Gasteiger partial charge on any atom is 0.331 e. The van der Waals surface area contributed by atoms with Crippen LogP contribution in [0.25, 0.3) is 5.53 Å². The van der Waals surface area contributed by atoms with Gasteiger partial charge in [0.2, 0.25) is 6.29 Å². The van der Waals surface area contributed by atoms with E-state index in [0.717, 1.165) is 0 Å². The zero-order valence-electron chi connectivity index (χ0n) is 4.78. The van der Waals surface area contributed by atoms with Crippen molar-refractivity contribution in [3.05, 3.63) is 5.53 Å². The average Bonchev–Trinajstić information content (AvgIpc) is 1.91. The third-order valence-corrected chi connectivity index (χ3v) is 0.783. The molecule has 0 saturated heterocycles. The lowest BCUT2D eigenvalue weighted by Gasteiger charge is -1.76. The van der Waals surface area contributed by atoms with E-state index in [0.29, 0.717) is 12.6 Å². The molecule has 0 rings (SSSR count). The third-order valence-electron chi connectivity index (χ3n) is 0.783. The number of hydrogen-bond acceptors (Lipinski definition) is 2. The fraction of sp³-hybridized carbons (Fsp3) is 0.400. The van der Waals surface area contributed by atoms with Gasteiger partial charge in [0.15, 0.2) is 0 Å². The second-order valence-electron chi connectivity index (χ2n) is 1.41. The zero-order valence-corrected chi connectivity index (χ0v) is 4.78. The first-order valence-electron chi connectivity index (χ1n) is 2.45. The fourth-order valence-electron chi connectivity index (χ4n) is 0.339. The lowest BCUT2D eigenvalue weighted by molar-refractivity contribution is -0.108. The second kappa shape index (κ2) is 4.87. The van der Waals surface area contributed by atoms with Gasteiger partial charge in [-0.05, 0) is 0 Å². The van der Waals surface area contributed by atoms with Crippen LogP contribution in [0.4, 0.5) is 0 Å². The highest BCUT2D eigenvalue weighted by molar-refractivity contribution is 6.25. The van der Waals surface area contributed by atoms with E-state index in [1.165, 1.54) is 0 Å². The van der Waals surface area contributed by atoms with Crippen LogP contribution < -0.4 is 0 Å². The molecule has 9 heavy (non-hydrogen) atoms. The van der Waals surface area contributed by atoms with Crippen LogP contribution in [0.5, 0.6) is 0 Å². The molecular weight excluding hydrogens is 120 g/mol. The van der Waals surface area contributed by atoms with Crippen LogP contribution in [-0.4, -0.2) is 23.1 Å². The molecule has 0 aromatic heterocycles. The largest absolute Gasteiger partial charge is 0.361 e. The summed E-state index contributed by atoms with van der Waals surface area (Å²) in [4.78, 5) is 22.2. The van der Waals surface area contributed by atoms with Crippen LogP contribution in [0, 0.1) is 0 Å². The number of aldehydes is 2. The molecule has 0 aliphatic carbocycles. The van der Waals surface area contributed by atoms with Gasteiger partial charge in [-0.2, -0.15) is 4.79 Å². The molecule has 0 heterocycles. The Balaban J connectivity index is 3.71. The summed E-state index contributed by atoms with van der Waals surface area (Å²) in [6.07, 6.45) is 1.51. The monoisotopic (exact) mass is 126 g/mol. The van der Waals surface area contributed by atoms with Crippen LogP contribution in [0.15, 0.2) is 0 Å². The standard InChI is InChI=1S/C5H6N2O2/c6-7-5(4-9)2-1-3-8/h3-4H,1-2H2. The van der Waals surface area contributed by atoms with E-state index in [4.69, 9.17) is 5.53 Å². The number of carbonyl (C=O) groups is 2. The predicted molar refractivity (Wildman–Crippen MR) is 30.0 cm³/mol. The van der Waals surface area contributed by atoms with Gasteiger partial charge in [0.1, 0.15) is 6.29 Å². The lowest BCUT2D eigenvalue weighted by atomic mass is 10.2. The highest BCUT2D eigenvalue weighted by Crippen LogP contribution is 1.82. The van der Waals surface area contributed by atoms with Crippen molar-refractivity contribution in [2.75, 3.05) is 0 Å². The van der Waals surface area contributed by atoms with E-state index in [1.807, 2.05) is 0 Å². The van der Waals surface area contributed by atoms with Crippen molar-refractivity contribution in [1.29, 1.82) is 0 Å². The van der Waals surface area contributed by atoms with E-state index < -0.39 is 0 Å². The van der Waals surface area contributed by atoms with Gasteiger partial charge in [-0.3, -0.25) is 4.79 Å². The molecule has 0 aromatic carbocycles. The smallest absolute Gasteiger partial charge is 0.331 e. The number of carbonyl (C=O) groups excluding carboxylic acids is 2. The minimum absolute atomic E-state index is 0.00194. The van der Waals surface area contributed by atoms with Crippen LogP contribution in [0.3, 0.4) is 0 Å². The number of rotatable bonds is 4. The molecule has 0 amide bonds. The summed E-state index contributed by atoms with van der Waals surface area (Å²) < 4.78 is 0. The van der Waals surface area contributed by atoms with Crippen molar-refractivity contribution < 1.29 is 14.4 Å². The molecule has 0 radical (unpaired) electrons. The molecule has 0 unspecified atom stereocenters. The van der Waals surface area contributed by atoms with Gasteiger partial charge < -0.3 is 10.3 Å². The fourth-order valence-corrected chi connectivity index (χ4v) is 0.339. The Morgan fingerprint density at radius 1 is 1.56 bits per heavy atom. The Morgan fingerprint density at radius 3 is 2.56 bits per heavy atom. The first-order chi connectivity index (χ1) is 4.35. The quantitative estimate of drug-likeness (QED) is 0.227. The summed E-state index contributed by atoms with van der Waals surface area (Å²) in [7, 11) is 0. The van der Waals surface area contributed by atoms with E-state index in [9.17, 15) is 9.59 Å². The van der Waals surface area contributed by atoms with Crippen LogP contribution in [0.2, 0.25) is 0 Å². The number of nitrogens with zero attached hydrogens (tertiary/aromatic N) is 2. The van der Waals surface area contributed by atoms with Crippen molar-refractivity contribution >= 4 is 18.3 Å². The van der Waals surface area contributed by atoms with E-state index in [1.54, 1.807) is 0 Å². The van der Waals surface area contributed by atoms with Gasteiger partial charge in [0, 0.05) is 6.42 Å². The lowest BCUT2D eigenvalue weighted by Crippen LogP contribution is -2.00. The maximum atomic E-state index is 9.84. The Bertz CT molecular complexity index is 158. The summed E-state index contributed by atoms with van der Waals surface area (Å²) in [5.74, 6) is 0. The van der Waals surface area contributed by atoms with Gasteiger partial charge in [0.05, 0.1) is 6.42 Å². The SMILES string of the molecule is [N-]=[N+]=C(C=O)CCC=O. The van der Waals surface area contributed by atoms with Crippen LogP contribution in [-0.2, 0) is 9.59 Å². The third kappa shape index (κ3) is 3.32. The molecule has 0 atom stereocenters. The normalized spacial score (nSPS) is 7.56. The Labute approximate surface area is 52.1 Å². The molecule has 0 aromatic rings. The van der Waals surface area contributed by atoms with Crippen molar-refractivity contribution in [3.8, 4) is 0 Å². The Kier molecular flexibility index (Phi) is 4.18. The molecule has 4 heteroatoms. The van der Waals surface area contributed by atoms with Crippen molar-refractivity contribution in [2.45, 2.75) is 12.8 Å². The minimum Gasteiger partial charge on any atom is -0.361 e. The molecule has 48 valence electrons. The van der Waals surface area contributed by atoms with Gasteiger partial charge in [0.25, 0.3) is 0 Å². The molecule has 0 fully saturated rings. The number of hydrogen-bond donors (Lipinski definition) is 0. The molecule has 0 spiro atoms. The molecule has 0 saturated carbocycles. The van der Waals surface area contributed by atoms with E-state index in [2.05, 4.69) is 4.79 Å². The van der Waals surface area contributed by atoms with Crippen LogP contribution in [0.1, 0.15) is 12.8 Å². The minimum atomic E-state index is 0.00194. The highest BCUT2D eigenvalue weighted by Gasteiger charge is 2.02. The molecule has 0 aliphatic rings. The molecule has 0 aliphatic heterocycles.